The van der Waals surface area contributed by atoms with E-state index in [1.54, 1.807) is 6.07 Å². The number of aromatic amines is 2. The second-order valence-corrected chi connectivity index (χ2v) is 6.54. The van der Waals surface area contributed by atoms with Crippen LogP contribution in [0, 0.1) is 5.82 Å². The summed E-state index contributed by atoms with van der Waals surface area (Å²) in [5.41, 5.74) is 3.53. The van der Waals surface area contributed by atoms with Crippen LogP contribution in [-0.4, -0.2) is 20.4 Å². The van der Waals surface area contributed by atoms with E-state index in [2.05, 4.69) is 40.3 Å². The van der Waals surface area contributed by atoms with E-state index in [-0.39, 0.29) is 11.2 Å². The molecular formula is C18H17FN4. The quantitative estimate of drug-likeness (QED) is 0.598. The Morgan fingerprint density at radius 3 is 2.61 bits per heavy atom. The Kier molecular flexibility index (Phi) is 2.98. The second-order valence-electron chi connectivity index (χ2n) is 6.54. The van der Waals surface area contributed by atoms with E-state index in [1.807, 2.05) is 18.2 Å². The molecule has 0 amide bonds. The van der Waals surface area contributed by atoms with Gasteiger partial charge in [-0.15, -0.1) is 0 Å². The maximum absolute atomic E-state index is 13.4. The van der Waals surface area contributed by atoms with E-state index < -0.39 is 0 Å². The van der Waals surface area contributed by atoms with Crippen LogP contribution >= 0.6 is 0 Å². The number of H-pyrrole nitrogens is 2. The van der Waals surface area contributed by atoms with Gasteiger partial charge in [0.15, 0.2) is 0 Å². The Balaban J connectivity index is 1.77. The minimum absolute atomic E-state index is 0.193. The first-order valence-corrected chi connectivity index (χ1v) is 7.61. The van der Waals surface area contributed by atoms with E-state index in [0.29, 0.717) is 5.52 Å². The van der Waals surface area contributed by atoms with Crippen LogP contribution < -0.4 is 0 Å². The van der Waals surface area contributed by atoms with Crippen molar-refractivity contribution in [2.75, 3.05) is 0 Å². The lowest BCUT2D eigenvalue weighted by Gasteiger charge is -2.23. The van der Waals surface area contributed by atoms with Gasteiger partial charge in [-0.3, -0.25) is 10.2 Å². The maximum atomic E-state index is 13.4. The summed E-state index contributed by atoms with van der Waals surface area (Å²) >= 11 is 0. The third-order valence-corrected chi connectivity index (χ3v) is 4.35. The normalized spacial score (nSPS) is 12.3. The van der Waals surface area contributed by atoms with Crippen molar-refractivity contribution in [1.29, 1.82) is 0 Å². The van der Waals surface area contributed by atoms with E-state index in [9.17, 15) is 4.39 Å². The molecule has 0 saturated carbocycles. The van der Waals surface area contributed by atoms with Crippen LogP contribution in [0.5, 0.6) is 0 Å². The fourth-order valence-corrected chi connectivity index (χ4v) is 3.18. The number of hydrogen-bond acceptors (Lipinski definition) is 2. The molecule has 2 N–H and O–H groups in total. The Bertz CT molecular complexity index is 997. The molecule has 23 heavy (non-hydrogen) atoms. The summed E-state index contributed by atoms with van der Waals surface area (Å²) in [6, 6.07) is 12.8. The van der Waals surface area contributed by atoms with Crippen molar-refractivity contribution >= 4 is 21.8 Å². The zero-order chi connectivity index (χ0) is 16.0. The molecule has 0 saturated heterocycles. The van der Waals surface area contributed by atoms with Crippen LogP contribution in [0.2, 0.25) is 0 Å². The van der Waals surface area contributed by atoms with E-state index in [0.717, 1.165) is 34.1 Å². The van der Waals surface area contributed by atoms with Crippen molar-refractivity contribution in [1.82, 2.24) is 20.4 Å². The molecule has 4 aromatic rings. The number of aromatic nitrogens is 4. The SMILES string of the molecule is CC(C)(Cc1[nH]nc2ccccc12)c1[nH]nc2cc(F)ccc12. The lowest BCUT2D eigenvalue weighted by molar-refractivity contribution is 0.502. The van der Waals surface area contributed by atoms with Gasteiger partial charge in [0.1, 0.15) is 5.82 Å². The van der Waals surface area contributed by atoms with Crippen LogP contribution in [0.15, 0.2) is 42.5 Å². The van der Waals surface area contributed by atoms with E-state index in [4.69, 9.17) is 0 Å². The average Bonchev–Trinajstić information content (AvgIpc) is 3.11. The monoisotopic (exact) mass is 308 g/mol. The highest BCUT2D eigenvalue weighted by Crippen LogP contribution is 2.32. The van der Waals surface area contributed by atoms with Gasteiger partial charge in [0.05, 0.1) is 11.0 Å². The second kappa shape index (κ2) is 4.91. The number of halogens is 1. The van der Waals surface area contributed by atoms with Gasteiger partial charge in [-0.2, -0.15) is 10.2 Å². The molecule has 0 aliphatic carbocycles. The number of hydrogen-bond donors (Lipinski definition) is 2. The molecule has 2 heterocycles. The average molecular weight is 308 g/mol. The molecule has 2 aromatic heterocycles. The van der Waals surface area contributed by atoms with Crippen LogP contribution in [0.1, 0.15) is 25.2 Å². The summed E-state index contributed by atoms with van der Waals surface area (Å²) < 4.78 is 13.4. The molecule has 4 nitrogen and oxygen atoms in total. The lowest BCUT2D eigenvalue weighted by Crippen LogP contribution is -2.22. The molecule has 116 valence electrons. The third-order valence-electron chi connectivity index (χ3n) is 4.35. The summed E-state index contributed by atoms with van der Waals surface area (Å²) in [5.74, 6) is -0.270. The molecule has 0 atom stereocenters. The zero-order valence-electron chi connectivity index (χ0n) is 13.0. The highest BCUT2D eigenvalue weighted by Gasteiger charge is 2.27. The predicted octanol–water partition coefficient (Wildman–Crippen LogP) is 4.10. The number of nitrogens with zero attached hydrogens (tertiary/aromatic N) is 2. The number of fused-ring (bicyclic) bond motifs is 2. The van der Waals surface area contributed by atoms with Crippen molar-refractivity contribution in [3.8, 4) is 0 Å². The predicted molar refractivity (Wildman–Crippen MR) is 88.9 cm³/mol. The molecule has 0 radical (unpaired) electrons. The lowest BCUT2D eigenvalue weighted by atomic mass is 9.82. The summed E-state index contributed by atoms with van der Waals surface area (Å²) in [5, 5.41) is 16.9. The first-order chi connectivity index (χ1) is 11.0. The number of nitrogens with one attached hydrogen (secondary N) is 2. The molecular weight excluding hydrogens is 291 g/mol. The smallest absolute Gasteiger partial charge is 0.125 e. The van der Waals surface area contributed by atoms with Gasteiger partial charge in [-0.1, -0.05) is 32.0 Å². The third kappa shape index (κ3) is 2.29. The van der Waals surface area contributed by atoms with Crippen molar-refractivity contribution in [2.24, 2.45) is 0 Å². The summed E-state index contributed by atoms with van der Waals surface area (Å²) in [6.07, 6.45) is 0.780. The summed E-state index contributed by atoms with van der Waals surface area (Å²) in [7, 11) is 0. The van der Waals surface area contributed by atoms with Crippen LogP contribution in [-0.2, 0) is 11.8 Å². The Hall–Kier alpha value is -2.69. The van der Waals surface area contributed by atoms with Crippen molar-refractivity contribution in [2.45, 2.75) is 25.7 Å². The van der Waals surface area contributed by atoms with Gasteiger partial charge in [-0.05, 0) is 18.2 Å². The minimum atomic E-state index is -0.270. The molecule has 0 spiro atoms. The number of benzene rings is 2. The number of rotatable bonds is 3. The Labute approximate surface area is 132 Å². The van der Waals surface area contributed by atoms with Gasteiger partial charge in [0.2, 0.25) is 0 Å². The van der Waals surface area contributed by atoms with Gasteiger partial charge in [0, 0.05) is 40.1 Å². The molecule has 0 unspecified atom stereocenters. The van der Waals surface area contributed by atoms with Crippen molar-refractivity contribution in [3.63, 3.8) is 0 Å². The fraction of sp³-hybridized carbons (Fsp3) is 0.222. The van der Waals surface area contributed by atoms with Crippen LogP contribution in [0.4, 0.5) is 4.39 Å². The molecule has 0 aliphatic rings. The molecule has 0 bridgehead atoms. The molecule has 2 aromatic carbocycles. The fourth-order valence-electron chi connectivity index (χ4n) is 3.18. The first-order valence-electron chi connectivity index (χ1n) is 7.61. The van der Waals surface area contributed by atoms with Gasteiger partial charge < -0.3 is 0 Å². The summed E-state index contributed by atoms with van der Waals surface area (Å²) in [4.78, 5) is 0. The van der Waals surface area contributed by atoms with Crippen molar-refractivity contribution in [3.05, 3.63) is 59.7 Å². The number of para-hydroxylation sites is 1. The molecule has 0 fully saturated rings. The largest absolute Gasteiger partial charge is 0.281 e. The van der Waals surface area contributed by atoms with Crippen LogP contribution in [0.25, 0.3) is 21.8 Å². The maximum Gasteiger partial charge on any atom is 0.125 e. The highest BCUT2D eigenvalue weighted by atomic mass is 19.1. The molecule has 0 aliphatic heterocycles. The van der Waals surface area contributed by atoms with E-state index in [1.165, 1.54) is 12.1 Å². The highest BCUT2D eigenvalue weighted by molar-refractivity contribution is 5.83. The topological polar surface area (TPSA) is 57.4 Å². The van der Waals surface area contributed by atoms with E-state index >= 15 is 0 Å². The Morgan fingerprint density at radius 1 is 0.957 bits per heavy atom. The van der Waals surface area contributed by atoms with Gasteiger partial charge in [-0.25, -0.2) is 4.39 Å². The standard InChI is InChI=1S/C18H17FN4/c1-18(2,10-16-12-5-3-4-6-14(12)20-22-16)17-13-8-7-11(19)9-15(13)21-23-17/h3-9H,10H2,1-2H3,(H,20,22)(H,21,23). The minimum Gasteiger partial charge on any atom is -0.281 e. The summed E-state index contributed by atoms with van der Waals surface area (Å²) in [6.45, 7) is 4.30. The van der Waals surface area contributed by atoms with Crippen LogP contribution in [0.3, 0.4) is 0 Å². The molecule has 4 rings (SSSR count). The van der Waals surface area contributed by atoms with Crippen molar-refractivity contribution < 1.29 is 4.39 Å². The zero-order valence-corrected chi connectivity index (χ0v) is 13.0. The first kappa shape index (κ1) is 13.9. The Morgan fingerprint density at radius 2 is 1.74 bits per heavy atom. The molecule has 5 heteroatoms. The van der Waals surface area contributed by atoms with Gasteiger partial charge in [0.25, 0.3) is 0 Å². The van der Waals surface area contributed by atoms with Gasteiger partial charge >= 0.3 is 0 Å².